The number of aromatic nitrogens is 4. The molecule has 0 amide bonds. The molecule has 0 bridgehead atoms. The highest BCUT2D eigenvalue weighted by molar-refractivity contribution is 7.44. The second-order valence-corrected chi connectivity index (χ2v) is 7.15. The Bertz CT molecular complexity index is 1020. The number of fused-ring (bicyclic) bond motifs is 1. The number of carbonyl (C=O) groups is 1. The van der Waals surface area contributed by atoms with E-state index in [1.807, 2.05) is 0 Å². The van der Waals surface area contributed by atoms with Gasteiger partial charge < -0.3 is 35.2 Å². The summed E-state index contributed by atoms with van der Waals surface area (Å²) in [6.45, 7) is -0.390. The van der Waals surface area contributed by atoms with Gasteiger partial charge in [-0.2, -0.15) is 0 Å². The van der Waals surface area contributed by atoms with Gasteiger partial charge in [0.2, 0.25) is 0 Å². The number of aliphatic hydroxyl groups excluding tert-OH is 3. The van der Waals surface area contributed by atoms with E-state index in [1.54, 1.807) is 30.3 Å². The Morgan fingerprint density at radius 2 is 1.90 bits per heavy atom. The van der Waals surface area contributed by atoms with E-state index in [-0.39, 0.29) is 5.82 Å². The van der Waals surface area contributed by atoms with Crippen molar-refractivity contribution in [2.75, 3.05) is 12.3 Å². The van der Waals surface area contributed by atoms with Crippen molar-refractivity contribution in [3.05, 3.63) is 48.5 Å². The van der Waals surface area contributed by atoms with E-state index in [4.69, 9.17) is 26.0 Å². The van der Waals surface area contributed by atoms with Crippen LogP contribution < -0.4 is 11.2 Å². The predicted octanol–water partition coefficient (Wildman–Crippen LogP) is -0.959. The minimum atomic E-state index is -2.11. The molecule has 31 heavy (non-hydrogen) atoms. The summed E-state index contributed by atoms with van der Waals surface area (Å²) in [6, 6.07) is 8.35. The number of carbonyl (C=O) groups excluding carboxylic acids is 1. The second-order valence-electron chi connectivity index (χ2n) is 6.36. The van der Waals surface area contributed by atoms with Gasteiger partial charge in [0, 0.05) is 0 Å². The van der Waals surface area contributed by atoms with Crippen LogP contribution in [0.4, 0.5) is 5.82 Å². The number of hydrogen-bond acceptors (Lipinski definition) is 12. The summed E-state index contributed by atoms with van der Waals surface area (Å²) in [7, 11) is -2.11. The maximum atomic E-state index is 11.0. The third kappa shape index (κ3) is 5.11. The Kier molecular flexibility index (Phi) is 7.41. The molecule has 8 N–H and O–H groups in total. The summed E-state index contributed by atoms with van der Waals surface area (Å²) < 4.78 is 11.2. The molecule has 13 nitrogen and oxygen atoms in total. The third-order valence-corrected chi connectivity index (χ3v) is 4.72. The molecule has 0 spiro atoms. The average molecular weight is 452 g/mol. The number of nitrogens with zero attached hydrogens (tertiary/aromatic N) is 4. The largest absolute Gasteiger partial charge is 0.400 e. The maximum absolute atomic E-state index is 11.0. The number of imidazole rings is 1. The van der Waals surface area contributed by atoms with Gasteiger partial charge in [-0.25, -0.2) is 19.7 Å². The van der Waals surface area contributed by atoms with Crippen LogP contribution in [-0.4, -0.2) is 70.6 Å². The summed E-state index contributed by atoms with van der Waals surface area (Å²) >= 11 is 0. The highest BCUT2D eigenvalue weighted by Gasteiger charge is 2.43. The standard InChI is InChI=1S/C10H13N5O4.C7H8NO3P/c11-8-5-9(13-2-12-8)15(3-14-5)10-7(18)6(17)4(1-16)19-10;8-12(10)11-7(9)6-4-2-1-3-5-6/h2-4,6-7,10,16-18H,1H2,(H2,11,12,13);1-5,10H,8H2/t4-,6-,7-,10-;/m1./s1. The van der Waals surface area contributed by atoms with Crippen molar-refractivity contribution in [1.29, 1.82) is 0 Å². The van der Waals surface area contributed by atoms with Crippen molar-refractivity contribution in [2.24, 2.45) is 5.50 Å². The molecule has 2 aromatic heterocycles. The maximum Gasteiger partial charge on any atom is 0.343 e. The van der Waals surface area contributed by atoms with Crippen LogP contribution in [-0.2, 0) is 9.26 Å². The lowest BCUT2D eigenvalue weighted by Crippen LogP contribution is -2.33. The summed E-state index contributed by atoms with van der Waals surface area (Å²) in [5, 5.41) is 28.7. The quantitative estimate of drug-likeness (QED) is 0.264. The number of rotatable bonds is 4. The van der Waals surface area contributed by atoms with E-state index in [1.165, 1.54) is 17.2 Å². The number of benzene rings is 1. The molecule has 166 valence electrons. The molecule has 1 aliphatic rings. The van der Waals surface area contributed by atoms with Crippen LogP contribution in [0.25, 0.3) is 11.2 Å². The zero-order chi connectivity index (χ0) is 22.5. The van der Waals surface area contributed by atoms with Gasteiger partial charge in [-0.15, -0.1) is 0 Å². The van der Waals surface area contributed by atoms with E-state index < -0.39 is 45.6 Å². The third-order valence-electron chi connectivity index (χ3n) is 4.36. The SMILES string of the molecule is NP(O)OC(=O)c1ccccc1.Nc1ncnc2c1ncn2[C@@H]1O[C@H](CO)[C@@H](O)[C@H]1O. The Morgan fingerprint density at radius 1 is 1.19 bits per heavy atom. The van der Waals surface area contributed by atoms with Gasteiger partial charge in [0.25, 0.3) is 0 Å². The molecule has 5 atom stereocenters. The van der Waals surface area contributed by atoms with Crippen molar-refractivity contribution >= 4 is 31.5 Å². The monoisotopic (exact) mass is 452 g/mol. The molecule has 3 heterocycles. The fourth-order valence-electron chi connectivity index (χ4n) is 2.88. The average Bonchev–Trinajstić information content (AvgIpc) is 3.31. The Hall–Kier alpha value is -2.77. The molecular weight excluding hydrogens is 431 g/mol. The normalized spacial score (nSPS) is 23.8. The number of nitrogen functional groups attached to an aromatic ring is 1. The Labute approximate surface area is 176 Å². The van der Waals surface area contributed by atoms with Crippen LogP contribution >= 0.6 is 8.53 Å². The van der Waals surface area contributed by atoms with Crippen LogP contribution in [0.15, 0.2) is 43.0 Å². The summed E-state index contributed by atoms with van der Waals surface area (Å²) in [5.41, 5.74) is 11.7. The van der Waals surface area contributed by atoms with E-state index >= 15 is 0 Å². The second kappa shape index (κ2) is 10.0. The minimum absolute atomic E-state index is 0.218. The van der Waals surface area contributed by atoms with Crippen LogP contribution in [0.1, 0.15) is 16.6 Å². The van der Waals surface area contributed by atoms with Gasteiger partial charge in [0.15, 0.2) is 17.7 Å². The van der Waals surface area contributed by atoms with Gasteiger partial charge in [-0.1, -0.05) is 18.2 Å². The summed E-state index contributed by atoms with van der Waals surface area (Å²) in [4.78, 5) is 31.5. The first-order valence-corrected chi connectivity index (χ1v) is 10.2. The number of ether oxygens (including phenoxy) is 1. The molecule has 0 radical (unpaired) electrons. The van der Waals surface area contributed by atoms with Crippen molar-refractivity contribution < 1.29 is 34.3 Å². The van der Waals surface area contributed by atoms with Crippen molar-refractivity contribution in [3.8, 4) is 0 Å². The van der Waals surface area contributed by atoms with E-state index in [0.717, 1.165) is 0 Å². The molecule has 1 aliphatic heterocycles. The fourth-order valence-corrected chi connectivity index (χ4v) is 3.15. The first kappa shape index (κ1) is 22.9. The molecule has 1 saturated heterocycles. The van der Waals surface area contributed by atoms with Gasteiger partial charge in [0.05, 0.1) is 18.5 Å². The number of aliphatic hydroxyl groups is 3. The molecule has 0 aliphatic carbocycles. The van der Waals surface area contributed by atoms with Crippen molar-refractivity contribution in [1.82, 2.24) is 19.5 Å². The Morgan fingerprint density at radius 3 is 2.52 bits per heavy atom. The van der Waals surface area contributed by atoms with Crippen LogP contribution in [0.5, 0.6) is 0 Å². The molecule has 14 heteroatoms. The lowest BCUT2D eigenvalue weighted by molar-refractivity contribution is -0.0511. The van der Waals surface area contributed by atoms with Gasteiger partial charge in [-0.05, 0) is 12.1 Å². The highest BCUT2D eigenvalue weighted by atomic mass is 31.2. The van der Waals surface area contributed by atoms with Crippen molar-refractivity contribution in [3.63, 3.8) is 0 Å². The molecule has 1 aromatic carbocycles. The Balaban J connectivity index is 0.000000196. The number of hydrogen-bond donors (Lipinski definition) is 6. The smallest absolute Gasteiger partial charge is 0.343 e. The van der Waals surface area contributed by atoms with E-state index in [9.17, 15) is 15.0 Å². The number of anilines is 1. The summed E-state index contributed by atoms with van der Waals surface area (Å²) in [5.74, 6) is -0.387. The molecule has 0 saturated carbocycles. The van der Waals surface area contributed by atoms with Crippen LogP contribution in [0, 0.1) is 0 Å². The van der Waals surface area contributed by atoms with Crippen LogP contribution in [0.3, 0.4) is 0 Å². The summed E-state index contributed by atoms with van der Waals surface area (Å²) in [6.07, 6.45) is -1.42. The topological polar surface area (TPSA) is 212 Å². The van der Waals surface area contributed by atoms with Gasteiger partial charge >= 0.3 is 14.5 Å². The lowest BCUT2D eigenvalue weighted by atomic mass is 10.1. The molecule has 4 rings (SSSR count). The number of nitrogens with two attached hydrogens (primary N) is 2. The zero-order valence-corrected chi connectivity index (χ0v) is 16.9. The molecule has 1 unspecified atom stereocenters. The van der Waals surface area contributed by atoms with E-state index in [0.29, 0.717) is 16.7 Å². The lowest BCUT2D eigenvalue weighted by Gasteiger charge is -2.16. The highest BCUT2D eigenvalue weighted by Crippen LogP contribution is 2.31. The van der Waals surface area contributed by atoms with Crippen molar-refractivity contribution in [2.45, 2.75) is 24.5 Å². The van der Waals surface area contributed by atoms with Gasteiger partial charge in [0.1, 0.15) is 30.2 Å². The fraction of sp³-hybridized carbons (Fsp3) is 0.294. The molecule has 1 fully saturated rings. The minimum Gasteiger partial charge on any atom is -0.400 e. The molecular formula is C17H21N6O7P. The van der Waals surface area contributed by atoms with Crippen LogP contribution in [0.2, 0.25) is 0 Å². The molecule has 3 aromatic rings. The van der Waals surface area contributed by atoms with Gasteiger partial charge in [-0.3, -0.25) is 10.1 Å². The first-order chi connectivity index (χ1) is 14.8. The first-order valence-electron chi connectivity index (χ1n) is 8.90. The predicted molar refractivity (Wildman–Crippen MR) is 108 cm³/mol. The van der Waals surface area contributed by atoms with E-state index in [2.05, 4.69) is 19.5 Å². The zero-order valence-electron chi connectivity index (χ0n) is 16.0.